The maximum atomic E-state index is 12.8. The van der Waals surface area contributed by atoms with Gasteiger partial charge in [-0.3, -0.25) is 4.79 Å². The van der Waals surface area contributed by atoms with Crippen LogP contribution in [0.2, 0.25) is 0 Å². The molecular weight excluding hydrogens is 314 g/mol. The lowest BCUT2D eigenvalue weighted by Crippen LogP contribution is -2.49. The first-order valence-electron chi connectivity index (χ1n) is 9.17. The van der Waals surface area contributed by atoms with E-state index >= 15 is 0 Å². The minimum Gasteiger partial charge on any atom is -0.451 e. The molecule has 1 atom stereocenters. The second-order valence-corrected chi connectivity index (χ2v) is 7.33. The van der Waals surface area contributed by atoms with Gasteiger partial charge < -0.3 is 19.1 Å². The van der Waals surface area contributed by atoms with Crippen LogP contribution >= 0.6 is 0 Å². The lowest BCUT2D eigenvalue weighted by atomic mass is 10.0. The third kappa shape index (κ3) is 4.41. The maximum Gasteiger partial charge on any atom is 0.289 e. The number of fused-ring (bicyclic) bond motifs is 1. The van der Waals surface area contributed by atoms with E-state index in [1.54, 1.807) is 0 Å². The van der Waals surface area contributed by atoms with Crippen LogP contribution in [0.5, 0.6) is 0 Å². The zero-order chi connectivity index (χ0) is 17.8. The zero-order valence-corrected chi connectivity index (χ0v) is 15.6. The largest absolute Gasteiger partial charge is 0.451 e. The standard InChI is InChI=1S/C20H29N3O2/c1-21(2)11-7-12-22(3)17-9-6-13-23(15-17)20(24)19-14-16-8-4-5-10-18(16)25-19/h4-5,8,10,14,17H,6-7,9,11-13,15H2,1-3H3/t17-/m1/s1. The first kappa shape index (κ1) is 18.0. The van der Waals surface area contributed by atoms with Crippen molar-refractivity contribution in [2.45, 2.75) is 25.3 Å². The molecule has 136 valence electrons. The number of benzene rings is 1. The van der Waals surface area contributed by atoms with E-state index in [4.69, 9.17) is 4.42 Å². The number of hydrogen-bond acceptors (Lipinski definition) is 4. The molecule has 0 bridgehead atoms. The smallest absolute Gasteiger partial charge is 0.289 e. The summed E-state index contributed by atoms with van der Waals surface area (Å²) in [5.74, 6) is 0.472. The van der Waals surface area contributed by atoms with Crippen molar-refractivity contribution < 1.29 is 9.21 Å². The van der Waals surface area contributed by atoms with Gasteiger partial charge in [-0.15, -0.1) is 0 Å². The second kappa shape index (κ2) is 8.02. The van der Waals surface area contributed by atoms with Gasteiger partial charge in [-0.05, 0) is 65.6 Å². The second-order valence-electron chi connectivity index (χ2n) is 7.33. The highest BCUT2D eigenvalue weighted by atomic mass is 16.3. The molecule has 0 aliphatic carbocycles. The van der Waals surface area contributed by atoms with Crippen LogP contribution in [0.4, 0.5) is 0 Å². The predicted octanol–water partition coefficient (Wildman–Crippen LogP) is 2.92. The molecule has 5 heteroatoms. The summed E-state index contributed by atoms with van der Waals surface area (Å²) in [5.41, 5.74) is 0.778. The van der Waals surface area contributed by atoms with Crippen molar-refractivity contribution >= 4 is 16.9 Å². The van der Waals surface area contributed by atoms with Gasteiger partial charge in [0.25, 0.3) is 5.91 Å². The van der Waals surface area contributed by atoms with Gasteiger partial charge in [0.15, 0.2) is 5.76 Å². The van der Waals surface area contributed by atoms with Crippen LogP contribution < -0.4 is 0 Å². The number of carbonyl (C=O) groups is 1. The molecule has 1 aliphatic heterocycles. The third-order valence-electron chi connectivity index (χ3n) is 5.06. The minimum atomic E-state index is 0.0163. The Hall–Kier alpha value is -1.85. The molecule has 0 radical (unpaired) electrons. The first-order valence-corrected chi connectivity index (χ1v) is 9.17. The summed E-state index contributed by atoms with van der Waals surface area (Å²) < 4.78 is 5.76. The molecule has 1 aliphatic rings. The number of likely N-dealkylation sites (tertiary alicyclic amines) is 1. The van der Waals surface area contributed by atoms with E-state index in [9.17, 15) is 4.79 Å². The van der Waals surface area contributed by atoms with Gasteiger partial charge in [-0.2, -0.15) is 0 Å². The van der Waals surface area contributed by atoms with Crippen LogP contribution in [-0.4, -0.2) is 74.0 Å². The summed E-state index contributed by atoms with van der Waals surface area (Å²) in [6.45, 7) is 3.76. The van der Waals surface area contributed by atoms with Crippen LogP contribution in [0.15, 0.2) is 34.7 Å². The van der Waals surface area contributed by atoms with Gasteiger partial charge in [0.2, 0.25) is 0 Å². The van der Waals surface area contributed by atoms with Gasteiger partial charge in [-0.25, -0.2) is 0 Å². The number of hydrogen-bond donors (Lipinski definition) is 0. The predicted molar refractivity (Wildman–Crippen MR) is 101 cm³/mol. The number of nitrogens with zero attached hydrogens (tertiary/aromatic N) is 3. The summed E-state index contributed by atoms with van der Waals surface area (Å²) in [4.78, 5) is 19.4. The van der Waals surface area contributed by atoms with Crippen molar-refractivity contribution in [1.29, 1.82) is 0 Å². The molecule has 1 amide bonds. The van der Waals surface area contributed by atoms with E-state index in [1.165, 1.54) is 0 Å². The lowest BCUT2D eigenvalue weighted by Gasteiger charge is -2.37. The van der Waals surface area contributed by atoms with Gasteiger partial charge in [0.05, 0.1) is 0 Å². The number of carbonyl (C=O) groups excluding carboxylic acids is 1. The highest BCUT2D eigenvalue weighted by Gasteiger charge is 2.28. The van der Waals surface area contributed by atoms with Crippen LogP contribution in [-0.2, 0) is 0 Å². The van der Waals surface area contributed by atoms with Crippen molar-refractivity contribution in [2.24, 2.45) is 0 Å². The highest BCUT2D eigenvalue weighted by Crippen LogP contribution is 2.22. The third-order valence-corrected chi connectivity index (χ3v) is 5.06. The molecule has 2 aromatic rings. The fourth-order valence-electron chi connectivity index (χ4n) is 3.56. The van der Waals surface area contributed by atoms with Crippen molar-refractivity contribution in [3.05, 3.63) is 36.1 Å². The number of rotatable bonds is 6. The molecule has 0 spiro atoms. The van der Waals surface area contributed by atoms with Crippen LogP contribution in [0.1, 0.15) is 29.8 Å². The van der Waals surface area contributed by atoms with Crippen LogP contribution in [0, 0.1) is 0 Å². The number of likely N-dealkylation sites (N-methyl/N-ethyl adjacent to an activating group) is 1. The van der Waals surface area contributed by atoms with Gasteiger partial charge in [-0.1, -0.05) is 18.2 Å². The topological polar surface area (TPSA) is 39.9 Å². The van der Waals surface area contributed by atoms with Gasteiger partial charge in [0.1, 0.15) is 5.58 Å². The number of amides is 1. The fourth-order valence-corrected chi connectivity index (χ4v) is 3.56. The average Bonchev–Trinajstić information content (AvgIpc) is 3.05. The van der Waals surface area contributed by atoms with E-state index in [2.05, 4.69) is 30.9 Å². The molecule has 1 saturated heterocycles. The van der Waals surface area contributed by atoms with E-state index in [0.29, 0.717) is 11.8 Å². The maximum absolute atomic E-state index is 12.8. The zero-order valence-electron chi connectivity index (χ0n) is 15.6. The Bertz CT molecular complexity index is 677. The molecule has 3 rings (SSSR count). The minimum absolute atomic E-state index is 0.0163. The molecule has 25 heavy (non-hydrogen) atoms. The number of piperidine rings is 1. The number of para-hydroxylation sites is 1. The van der Waals surface area contributed by atoms with Gasteiger partial charge >= 0.3 is 0 Å². The Kier molecular flexibility index (Phi) is 5.76. The van der Waals surface area contributed by atoms with Crippen molar-refractivity contribution in [3.63, 3.8) is 0 Å². The normalized spacial score (nSPS) is 18.4. The summed E-state index contributed by atoms with van der Waals surface area (Å²) in [5, 5.41) is 0.986. The Morgan fingerprint density at radius 3 is 2.80 bits per heavy atom. The van der Waals surface area contributed by atoms with Crippen molar-refractivity contribution in [1.82, 2.24) is 14.7 Å². The summed E-state index contributed by atoms with van der Waals surface area (Å²) >= 11 is 0. The SMILES string of the molecule is CN(C)CCCN(C)[C@@H]1CCCN(C(=O)c2cc3ccccc3o2)C1. The summed E-state index contributed by atoms with van der Waals surface area (Å²) in [6.07, 6.45) is 3.36. The van der Waals surface area contributed by atoms with Crippen molar-refractivity contribution in [2.75, 3.05) is 47.3 Å². The van der Waals surface area contributed by atoms with E-state index in [1.807, 2.05) is 35.2 Å². The molecular formula is C20H29N3O2. The molecule has 0 N–H and O–H groups in total. The quantitative estimate of drug-likeness (QED) is 0.808. The molecule has 1 aromatic carbocycles. The number of furan rings is 1. The van der Waals surface area contributed by atoms with E-state index < -0.39 is 0 Å². The molecule has 1 aromatic heterocycles. The van der Waals surface area contributed by atoms with E-state index in [0.717, 1.165) is 56.4 Å². The van der Waals surface area contributed by atoms with E-state index in [-0.39, 0.29) is 5.91 Å². The summed E-state index contributed by atoms with van der Waals surface area (Å²) in [6, 6.07) is 10.1. The average molecular weight is 343 g/mol. The highest BCUT2D eigenvalue weighted by molar-refractivity contribution is 5.96. The lowest BCUT2D eigenvalue weighted by molar-refractivity contribution is 0.0579. The molecule has 0 unspecified atom stereocenters. The van der Waals surface area contributed by atoms with Crippen LogP contribution in [0.25, 0.3) is 11.0 Å². The Labute approximate surface area is 150 Å². The Balaban J connectivity index is 1.61. The fraction of sp³-hybridized carbons (Fsp3) is 0.550. The van der Waals surface area contributed by atoms with Gasteiger partial charge in [0, 0.05) is 24.5 Å². The molecule has 1 fully saturated rings. The Morgan fingerprint density at radius 2 is 2.04 bits per heavy atom. The molecule has 0 saturated carbocycles. The summed E-state index contributed by atoms with van der Waals surface area (Å²) in [7, 11) is 6.39. The monoisotopic (exact) mass is 343 g/mol. The van der Waals surface area contributed by atoms with Crippen molar-refractivity contribution in [3.8, 4) is 0 Å². The molecule has 2 heterocycles. The van der Waals surface area contributed by atoms with Crippen LogP contribution in [0.3, 0.4) is 0 Å². The first-order chi connectivity index (χ1) is 12.0. The Morgan fingerprint density at radius 1 is 1.24 bits per heavy atom. The molecule has 5 nitrogen and oxygen atoms in total.